The van der Waals surface area contributed by atoms with E-state index in [-0.39, 0.29) is 43.8 Å². The van der Waals surface area contributed by atoms with Crippen molar-refractivity contribution in [1.29, 1.82) is 0 Å². The van der Waals surface area contributed by atoms with Crippen LogP contribution in [-0.4, -0.2) is 65.9 Å². The molecule has 35 heavy (non-hydrogen) atoms. The number of nitrogens with one attached hydrogen (secondary N) is 1. The summed E-state index contributed by atoms with van der Waals surface area (Å²) in [4.78, 5) is 27.2. The first-order valence-electron chi connectivity index (χ1n) is 11.5. The van der Waals surface area contributed by atoms with Crippen LogP contribution in [0.1, 0.15) is 35.2 Å². The molecule has 2 aromatic rings. The molecule has 0 aliphatic carbocycles. The van der Waals surface area contributed by atoms with E-state index in [0.29, 0.717) is 29.4 Å². The van der Waals surface area contributed by atoms with Crippen LogP contribution in [0.2, 0.25) is 10.0 Å². The first-order chi connectivity index (χ1) is 16.8. The van der Waals surface area contributed by atoms with E-state index in [1.54, 1.807) is 24.3 Å². The number of hydrogen-bond acceptors (Lipinski definition) is 5. The summed E-state index contributed by atoms with van der Waals surface area (Å²) >= 11 is 12.0. The number of aliphatic hydroxyl groups is 1. The Morgan fingerprint density at radius 3 is 2.69 bits per heavy atom. The molecule has 0 unspecified atom stereocenters. The van der Waals surface area contributed by atoms with Crippen molar-refractivity contribution in [2.45, 2.75) is 50.2 Å². The fourth-order valence-electron chi connectivity index (χ4n) is 4.49. The second kappa shape index (κ2) is 11.7. The Kier molecular flexibility index (Phi) is 8.62. The third-order valence-corrected chi connectivity index (χ3v) is 6.97. The number of aliphatic hydroxyl groups excluding tert-OH is 1. The molecule has 4 rings (SSSR count). The number of hydrogen-bond donors (Lipinski definition) is 2. The Hall–Kier alpha value is -2.23. The van der Waals surface area contributed by atoms with E-state index >= 15 is 0 Å². The minimum Gasteiger partial charge on any atom is -0.389 e. The number of benzene rings is 2. The van der Waals surface area contributed by atoms with Crippen LogP contribution in [0.3, 0.4) is 0 Å². The van der Waals surface area contributed by atoms with E-state index in [1.807, 2.05) is 0 Å². The predicted molar refractivity (Wildman–Crippen MR) is 129 cm³/mol. The zero-order valence-corrected chi connectivity index (χ0v) is 20.5. The van der Waals surface area contributed by atoms with Crippen LogP contribution in [-0.2, 0) is 20.8 Å². The summed E-state index contributed by atoms with van der Waals surface area (Å²) in [7, 11) is 0. The van der Waals surface area contributed by atoms with Crippen molar-refractivity contribution in [2.75, 3.05) is 19.8 Å². The molecule has 2 aliphatic rings. The molecule has 188 valence electrons. The Morgan fingerprint density at radius 1 is 1.11 bits per heavy atom. The zero-order chi connectivity index (χ0) is 24.9. The van der Waals surface area contributed by atoms with Gasteiger partial charge in [0.05, 0.1) is 53.5 Å². The van der Waals surface area contributed by atoms with Gasteiger partial charge in [-0.05, 0) is 42.7 Å². The average Bonchev–Trinajstić information content (AvgIpc) is 2.82. The first kappa shape index (κ1) is 25.9. The first-order valence-corrected chi connectivity index (χ1v) is 12.2. The number of β-amino-alcohol motifs (C(OH)–C–C–N with tert-alkyl or cyclic N) is 1. The molecule has 2 N–H and O–H groups in total. The molecule has 0 spiro atoms. The highest BCUT2D eigenvalue weighted by molar-refractivity contribution is 6.42. The standard InChI is InChI=1S/C25H27Cl2FN2O5/c26-19-7-5-15(9-20(19)27)11-29-24(32)10-17-6-8-22-23(35-17)14-34-13-16(31)12-30(22)25(33)18-3-1-2-4-21(18)28/h1-5,7,9,16-17,22-23,31H,6,8,10-14H2,(H,29,32)/t16-,17+,22+,23-/m0/s1. The molecule has 0 bridgehead atoms. The fourth-order valence-corrected chi connectivity index (χ4v) is 4.81. The number of rotatable bonds is 5. The van der Waals surface area contributed by atoms with E-state index in [1.165, 1.54) is 23.1 Å². The number of halogens is 3. The molecular formula is C25H27Cl2FN2O5. The van der Waals surface area contributed by atoms with E-state index < -0.39 is 30.0 Å². The maximum atomic E-state index is 14.3. The minimum absolute atomic E-state index is 0.00645. The van der Waals surface area contributed by atoms with Gasteiger partial charge in [0.25, 0.3) is 5.91 Å². The second-order valence-corrected chi connectivity index (χ2v) is 9.61. The van der Waals surface area contributed by atoms with Crippen molar-refractivity contribution in [3.8, 4) is 0 Å². The molecule has 0 aromatic heterocycles. The number of nitrogens with zero attached hydrogens (tertiary/aromatic N) is 1. The van der Waals surface area contributed by atoms with Crippen molar-refractivity contribution in [3.63, 3.8) is 0 Å². The van der Waals surface area contributed by atoms with Crippen molar-refractivity contribution < 1.29 is 28.6 Å². The third-order valence-electron chi connectivity index (χ3n) is 6.23. The highest BCUT2D eigenvalue weighted by Gasteiger charge is 2.40. The van der Waals surface area contributed by atoms with Crippen molar-refractivity contribution in [3.05, 3.63) is 69.5 Å². The van der Waals surface area contributed by atoms with Crippen LogP contribution in [0.4, 0.5) is 4.39 Å². The number of amides is 2. The van der Waals surface area contributed by atoms with E-state index in [2.05, 4.69) is 5.32 Å². The lowest BCUT2D eigenvalue weighted by Gasteiger charge is -2.44. The topological polar surface area (TPSA) is 88.1 Å². The summed E-state index contributed by atoms with van der Waals surface area (Å²) in [6.07, 6.45) is -0.543. The number of fused-ring (bicyclic) bond motifs is 1. The minimum atomic E-state index is -0.892. The lowest BCUT2D eigenvalue weighted by molar-refractivity contribution is -0.151. The number of carbonyl (C=O) groups is 2. The lowest BCUT2D eigenvalue weighted by Crippen LogP contribution is -2.57. The largest absolute Gasteiger partial charge is 0.389 e. The highest BCUT2D eigenvalue weighted by atomic mass is 35.5. The van der Waals surface area contributed by atoms with Gasteiger partial charge in [-0.1, -0.05) is 41.4 Å². The van der Waals surface area contributed by atoms with Crippen molar-refractivity contribution >= 4 is 35.0 Å². The summed E-state index contributed by atoms with van der Waals surface area (Å²) in [5, 5.41) is 14.0. The van der Waals surface area contributed by atoms with Gasteiger partial charge in [0.15, 0.2) is 0 Å². The normalized spacial score (nSPS) is 24.7. The smallest absolute Gasteiger partial charge is 0.257 e. The van der Waals surface area contributed by atoms with E-state index in [4.69, 9.17) is 32.7 Å². The molecule has 2 amide bonds. The van der Waals surface area contributed by atoms with Crippen LogP contribution in [0, 0.1) is 5.82 Å². The van der Waals surface area contributed by atoms with Crippen LogP contribution < -0.4 is 5.32 Å². The van der Waals surface area contributed by atoms with E-state index in [9.17, 15) is 19.1 Å². The van der Waals surface area contributed by atoms with Crippen LogP contribution in [0.15, 0.2) is 42.5 Å². The lowest BCUT2D eigenvalue weighted by atomic mass is 9.94. The second-order valence-electron chi connectivity index (χ2n) is 8.80. The SMILES string of the molecule is O=C(C[C@H]1CC[C@@H]2[C@H](COC[C@@H](O)CN2C(=O)c2ccccc2F)O1)NCc1ccc(Cl)c(Cl)c1. The van der Waals surface area contributed by atoms with Gasteiger partial charge in [0, 0.05) is 13.1 Å². The molecule has 7 nitrogen and oxygen atoms in total. The molecule has 0 saturated carbocycles. The van der Waals surface area contributed by atoms with Gasteiger partial charge >= 0.3 is 0 Å². The van der Waals surface area contributed by atoms with Gasteiger partial charge in [-0.25, -0.2) is 4.39 Å². The Labute approximate surface area is 213 Å². The van der Waals surface area contributed by atoms with Crippen molar-refractivity contribution in [2.24, 2.45) is 0 Å². The van der Waals surface area contributed by atoms with Gasteiger partial charge in [-0.3, -0.25) is 9.59 Å². The fraction of sp³-hybridized carbons (Fsp3) is 0.440. The number of carbonyl (C=O) groups excluding carboxylic acids is 2. The predicted octanol–water partition coefficient (Wildman–Crippen LogP) is 3.59. The summed E-state index contributed by atoms with van der Waals surface area (Å²) in [6, 6.07) is 10.5. The summed E-state index contributed by atoms with van der Waals surface area (Å²) in [5.41, 5.74) is 0.774. The van der Waals surface area contributed by atoms with Crippen LogP contribution in [0.25, 0.3) is 0 Å². The van der Waals surface area contributed by atoms with Crippen LogP contribution >= 0.6 is 23.2 Å². The van der Waals surface area contributed by atoms with Gasteiger partial charge in [0.2, 0.25) is 5.91 Å². The quantitative estimate of drug-likeness (QED) is 0.623. The van der Waals surface area contributed by atoms with Gasteiger partial charge in [-0.15, -0.1) is 0 Å². The Bertz CT molecular complexity index is 1070. The Balaban J connectivity index is 1.39. The van der Waals surface area contributed by atoms with Gasteiger partial charge in [0.1, 0.15) is 11.9 Å². The van der Waals surface area contributed by atoms with E-state index in [0.717, 1.165) is 5.56 Å². The third kappa shape index (κ3) is 6.51. The molecule has 2 saturated heterocycles. The molecule has 0 radical (unpaired) electrons. The summed E-state index contributed by atoms with van der Waals surface area (Å²) in [5.74, 6) is -1.29. The Morgan fingerprint density at radius 2 is 1.91 bits per heavy atom. The molecule has 10 heteroatoms. The van der Waals surface area contributed by atoms with Gasteiger partial charge in [-0.2, -0.15) is 0 Å². The molecular weight excluding hydrogens is 498 g/mol. The molecule has 2 fully saturated rings. The molecule has 2 aromatic carbocycles. The molecule has 4 atom stereocenters. The molecule has 2 heterocycles. The van der Waals surface area contributed by atoms with Crippen molar-refractivity contribution in [1.82, 2.24) is 10.2 Å². The summed E-state index contributed by atoms with van der Waals surface area (Å²) < 4.78 is 26.1. The number of ether oxygens (including phenoxy) is 2. The molecule has 2 aliphatic heterocycles. The zero-order valence-electron chi connectivity index (χ0n) is 19.0. The summed E-state index contributed by atoms with van der Waals surface area (Å²) in [6.45, 7) is 0.500. The maximum absolute atomic E-state index is 14.3. The monoisotopic (exact) mass is 524 g/mol. The average molecular weight is 525 g/mol. The highest BCUT2D eigenvalue weighted by Crippen LogP contribution is 2.29. The van der Waals surface area contributed by atoms with Gasteiger partial charge < -0.3 is 24.8 Å². The van der Waals surface area contributed by atoms with Crippen LogP contribution in [0.5, 0.6) is 0 Å². The maximum Gasteiger partial charge on any atom is 0.257 e.